The van der Waals surface area contributed by atoms with Crippen LogP contribution in [0.3, 0.4) is 0 Å². The third-order valence-electron chi connectivity index (χ3n) is 4.62. The summed E-state index contributed by atoms with van der Waals surface area (Å²) < 4.78 is 68.2. The van der Waals surface area contributed by atoms with Crippen molar-refractivity contribution in [1.29, 1.82) is 0 Å². The Morgan fingerprint density at radius 1 is 0.939 bits per heavy atom. The molecule has 1 N–H and O–H groups in total. The molecule has 0 aliphatic carbocycles. The van der Waals surface area contributed by atoms with Crippen molar-refractivity contribution in [2.24, 2.45) is 0 Å². The van der Waals surface area contributed by atoms with Gasteiger partial charge in [-0.05, 0) is 60.5 Å². The molecule has 0 bridgehead atoms. The summed E-state index contributed by atoms with van der Waals surface area (Å²) in [5.74, 6) is -1.11. The minimum Gasteiger partial charge on any atom is -0.406 e. The van der Waals surface area contributed by atoms with E-state index in [1.807, 2.05) is 6.92 Å². The Hall–Kier alpha value is -3.53. The van der Waals surface area contributed by atoms with Gasteiger partial charge in [0.1, 0.15) is 12.3 Å². The predicted molar refractivity (Wildman–Crippen MR) is 119 cm³/mol. The SMILES string of the molecule is CCc1ccc(N(CC(=O)Nc2ccc(OC(F)(F)F)cc2)S(=O)(=O)c2ccccc2)cc1. The number of rotatable bonds is 8. The zero-order valence-electron chi connectivity index (χ0n) is 17.5. The molecule has 0 heterocycles. The molecule has 174 valence electrons. The van der Waals surface area contributed by atoms with Crippen LogP contribution in [0.25, 0.3) is 0 Å². The fraction of sp³-hybridized carbons (Fsp3) is 0.174. The molecule has 6 nitrogen and oxygen atoms in total. The number of halogens is 3. The molecule has 0 aliphatic heterocycles. The average molecular weight is 478 g/mol. The Labute approximate surface area is 189 Å². The van der Waals surface area contributed by atoms with Crippen LogP contribution in [0.4, 0.5) is 24.5 Å². The first-order valence-electron chi connectivity index (χ1n) is 9.91. The summed E-state index contributed by atoms with van der Waals surface area (Å²) in [4.78, 5) is 12.7. The van der Waals surface area contributed by atoms with Crippen LogP contribution >= 0.6 is 0 Å². The number of nitrogens with zero attached hydrogens (tertiary/aromatic N) is 1. The second-order valence-electron chi connectivity index (χ2n) is 6.97. The Balaban J connectivity index is 1.83. The Morgan fingerprint density at radius 3 is 2.09 bits per heavy atom. The van der Waals surface area contributed by atoms with Gasteiger partial charge in [-0.1, -0.05) is 37.3 Å². The van der Waals surface area contributed by atoms with Crippen molar-refractivity contribution in [3.8, 4) is 5.75 Å². The van der Waals surface area contributed by atoms with Gasteiger partial charge in [0.2, 0.25) is 5.91 Å². The molecule has 0 unspecified atom stereocenters. The van der Waals surface area contributed by atoms with Crippen LogP contribution < -0.4 is 14.4 Å². The standard InChI is InChI=1S/C23H21F3N2O4S/c1-2-17-8-12-19(13-9-17)28(33(30,31)21-6-4-3-5-7-21)16-22(29)27-18-10-14-20(15-11-18)32-23(24,25)26/h3-15H,2,16H2,1H3,(H,27,29). The Morgan fingerprint density at radius 2 is 1.55 bits per heavy atom. The molecule has 0 aliphatic rings. The molecule has 3 aromatic rings. The molecule has 3 aromatic carbocycles. The quantitative estimate of drug-likeness (QED) is 0.496. The summed E-state index contributed by atoms with van der Waals surface area (Å²) in [7, 11) is -4.06. The number of amides is 1. The van der Waals surface area contributed by atoms with Crippen LogP contribution in [0.1, 0.15) is 12.5 Å². The maximum Gasteiger partial charge on any atom is 0.573 e. The molecular weight excluding hydrogens is 457 g/mol. The molecule has 33 heavy (non-hydrogen) atoms. The summed E-state index contributed by atoms with van der Waals surface area (Å²) in [6.07, 6.45) is -4.06. The first-order valence-corrected chi connectivity index (χ1v) is 11.3. The summed E-state index contributed by atoms with van der Waals surface area (Å²) in [6.45, 7) is 1.43. The van der Waals surface area contributed by atoms with E-state index in [0.717, 1.165) is 28.4 Å². The van der Waals surface area contributed by atoms with E-state index < -0.39 is 34.6 Å². The number of sulfonamides is 1. The largest absolute Gasteiger partial charge is 0.573 e. The normalized spacial score (nSPS) is 11.6. The molecule has 0 spiro atoms. The monoisotopic (exact) mass is 478 g/mol. The van der Waals surface area contributed by atoms with Gasteiger partial charge in [-0.15, -0.1) is 13.2 Å². The van der Waals surface area contributed by atoms with Crippen LogP contribution in [-0.2, 0) is 21.2 Å². The van der Waals surface area contributed by atoms with Crippen molar-refractivity contribution in [3.05, 3.63) is 84.4 Å². The van der Waals surface area contributed by atoms with Crippen molar-refractivity contribution in [1.82, 2.24) is 0 Å². The molecule has 0 aromatic heterocycles. The molecule has 0 saturated carbocycles. The fourth-order valence-electron chi connectivity index (χ4n) is 3.00. The lowest BCUT2D eigenvalue weighted by molar-refractivity contribution is -0.274. The lowest BCUT2D eigenvalue weighted by Gasteiger charge is -2.24. The minimum atomic E-state index is -4.83. The van der Waals surface area contributed by atoms with Gasteiger partial charge in [0.05, 0.1) is 10.6 Å². The second kappa shape index (κ2) is 9.95. The van der Waals surface area contributed by atoms with Crippen LogP contribution in [0.15, 0.2) is 83.8 Å². The van der Waals surface area contributed by atoms with E-state index in [4.69, 9.17) is 0 Å². The third-order valence-corrected chi connectivity index (χ3v) is 6.41. The molecule has 10 heteroatoms. The number of ether oxygens (including phenoxy) is 1. The highest BCUT2D eigenvalue weighted by Crippen LogP contribution is 2.26. The second-order valence-corrected chi connectivity index (χ2v) is 8.83. The molecule has 0 atom stereocenters. The Kier molecular flexibility index (Phi) is 7.27. The lowest BCUT2D eigenvalue weighted by Crippen LogP contribution is -2.38. The van der Waals surface area contributed by atoms with E-state index in [0.29, 0.717) is 5.69 Å². The van der Waals surface area contributed by atoms with Crippen LogP contribution in [-0.4, -0.2) is 27.2 Å². The number of anilines is 2. The zero-order valence-corrected chi connectivity index (χ0v) is 18.4. The van der Waals surface area contributed by atoms with Crippen molar-refractivity contribution in [2.75, 3.05) is 16.2 Å². The van der Waals surface area contributed by atoms with Crippen molar-refractivity contribution < 1.29 is 31.1 Å². The smallest absolute Gasteiger partial charge is 0.406 e. The molecule has 0 radical (unpaired) electrons. The molecule has 3 rings (SSSR count). The number of benzene rings is 3. The van der Waals surface area contributed by atoms with Gasteiger partial charge in [-0.2, -0.15) is 0 Å². The van der Waals surface area contributed by atoms with E-state index in [2.05, 4.69) is 10.1 Å². The van der Waals surface area contributed by atoms with Gasteiger partial charge < -0.3 is 10.1 Å². The molecule has 1 amide bonds. The van der Waals surface area contributed by atoms with E-state index in [9.17, 15) is 26.4 Å². The van der Waals surface area contributed by atoms with Gasteiger partial charge >= 0.3 is 6.36 Å². The number of carbonyl (C=O) groups excluding carboxylic acids is 1. The van der Waals surface area contributed by atoms with Gasteiger partial charge in [-0.25, -0.2) is 8.42 Å². The van der Waals surface area contributed by atoms with E-state index >= 15 is 0 Å². The van der Waals surface area contributed by atoms with E-state index in [1.165, 1.54) is 24.3 Å². The van der Waals surface area contributed by atoms with Crippen LogP contribution in [0.2, 0.25) is 0 Å². The van der Waals surface area contributed by atoms with Gasteiger partial charge in [0.25, 0.3) is 10.0 Å². The highest BCUT2D eigenvalue weighted by atomic mass is 32.2. The number of alkyl halides is 3. The van der Waals surface area contributed by atoms with E-state index in [1.54, 1.807) is 42.5 Å². The Bertz CT molecular complexity index is 1180. The van der Waals surface area contributed by atoms with Gasteiger partial charge in [0, 0.05) is 5.69 Å². The maximum atomic E-state index is 13.3. The van der Waals surface area contributed by atoms with E-state index in [-0.39, 0.29) is 10.6 Å². The highest BCUT2D eigenvalue weighted by Gasteiger charge is 2.31. The first kappa shape index (κ1) is 24.1. The molecular formula is C23H21F3N2O4S. The summed E-state index contributed by atoms with van der Waals surface area (Å²) in [5, 5.41) is 2.50. The number of hydrogen-bond acceptors (Lipinski definition) is 4. The van der Waals surface area contributed by atoms with Gasteiger partial charge in [-0.3, -0.25) is 9.10 Å². The maximum absolute atomic E-state index is 13.3. The number of aryl methyl sites for hydroxylation is 1. The number of hydrogen-bond donors (Lipinski definition) is 1. The lowest BCUT2D eigenvalue weighted by atomic mass is 10.1. The van der Waals surface area contributed by atoms with Crippen molar-refractivity contribution in [3.63, 3.8) is 0 Å². The highest BCUT2D eigenvalue weighted by molar-refractivity contribution is 7.92. The average Bonchev–Trinajstić information content (AvgIpc) is 2.78. The molecule has 0 saturated heterocycles. The van der Waals surface area contributed by atoms with Gasteiger partial charge in [0.15, 0.2) is 0 Å². The minimum absolute atomic E-state index is 0.0195. The van der Waals surface area contributed by atoms with Crippen molar-refractivity contribution in [2.45, 2.75) is 24.6 Å². The molecule has 0 fully saturated rings. The summed E-state index contributed by atoms with van der Waals surface area (Å²) in [5.41, 5.74) is 1.49. The topological polar surface area (TPSA) is 75.7 Å². The van der Waals surface area contributed by atoms with Crippen LogP contribution in [0.5, 0.6) is 5.75 Å². The summed E-state index contributed by atoms with van der Waals surface area (Å²) >= 11 is 0. The summed E-state index contributed by atoms with van der Waals surface area (Å²) in [6, 6.07) is 19.0. The third kappa shape index (κ3) is 6.48. The fourth-order valence-corrected chi connectivity index (χ4v) is 4.45. The van der Waals surface area contributed by atoms with Crippen molar-refractivity contribution >= 4 is 27.3 Å². The van der Waals surface area contributed by atoms with Crippen LogP contribution in [0, 0.1) is 0 Å². The predicted octanol–water partition coefficient (Wildman–Crippen LogP) is 4.98. The first-order chi connectivity index (χ1) is 15.6. The zero-order chi connectivity index (χ0) is 24.1. The number of nitrogens with one attached hydrogen (secondary N) is 1. The number of carbonyl (C=O) groups is 1.